The van der Waals surface area contributed by atoms with E-state index in [2.05, 4.69) is 36.6 Å². The Morgan fingerprint density at radius 3 is 2.41 bits per heavy atom. The minimum atomic E-state index is -0.597. The number of aromatic nitrogens is 2. The molecule has 4 aromatic rings. The summed E-state index contributed by atoms with van der Waals surface area (Å²) in [6.07, 6.45) is 4.66. The number of rotatable bonds is 12. The van der Waals surface area contributed by atoms with Gasteiger partial charge in [0.25, 0.3) is 0 Å². The molecule has 1 fully saturated rings. The molecule has 0 saturated carbocycles. The number of hydrogen-bond acceptors (Lipinski definition) is 7. The number of ether oxygens (including phenoxy) is 2. The molecule has 0 spiro atoms. The quantitative estimate of drug-likeness (QED) is 0.139. The lowest BCUT2D eigenvalue weighted by molar-refractivity contribution is -0.144. The zero-order valence-corrected chi connectivity index (χ0v) is 30.3. The monoisotopic (exact) mass is 684 g/mol. The molecule has 1 aliphatic rings. The summed E-state index contributed by atoms with van der Waals surface area (Å²) in [5.74, 6) is 1.24. The van der Waals surface area contributed by atoms with E-state index in [1.165, 1.54) is 7.11 Å². The number of amides is 2. The van der Waals surface area contributed by atoms with Crippen LogP contribution >= 0.6 is 11.8 Å². The maximum atomic E-state index is 14.0. The largest absolute Gasteiger partial charge is 0.467 e. The number of benzene rings is 3. The van der Waals surface area contributed by atoms with Gasteiger partial charge in [-0.1, -0.05) is 69.2 Å². The van der Waals surface area contributed by atoms with E-state index in [4.69, 9.17) is 14.5 Å². The molecule has 0 N–H and O–H groups in total. The molecule has 9 nitrogen and oxygen atoms in total. The predicted octanol–water partition coefficient (Wildman–Crippen LogP) is 8.32. The molecule has 260 valence electrons. The number of unbranched alkanes of at least 4 members (excludes halogenated alkanes) is 2. The molecule has 10 heteroatoms. The van der Waals surface area contributed by atoms with Crippen LogP contribution in [0.25, 0.3) is 22.2 Å². The second kappa shape index (κ2) is 15.9. The summed E-state index contributed by atoms with van der Waals surface area (Å²) >= 11 is 1.56. The summed E-state index contributed by atoms with van der Waals surface area (Å²) in [5, 5.41) is 0. The Labute approximate surface area is 294 Å². The molecule has 49 heavy (non-hydrogen) atoms. The highest BCUT2D eigenvalue weighted by molar-refractivity contribution is 7.99. The maximum absolute atomic E-state index is 14.0. The number of urea groups is 1. The highest BCUT2D eigenvalue weighted by Crippen LogP contribution is 2.31. The molecule has 1 unspecified atom stereocenters. The topological polar surface area (TPSA) is 94.0 Å². The molecule has 0 radical (unpaired) electrons. The normalized spacial score (nSPS) is 14.7. The van der Waals surface area contributed by atoms with Crippen molar-refractivity contribution in [1.29, 1.82) is 0 Å². The molecule has 2 amide bonds. The molecule has 2 heterocycles. The van der Waals surface area contributed by atoms with E-state index in [9.17, 15) is 14.4 Å². The maximum Gasteiger partial charge on any atom is 0.339 e. The summed E-state index contributed by atoms with van der Waals surface area (Å²) in [7, 11) is 1.37. The SMILES string of the molecule is CCCCc1nc2ccc(N(CCCC)C(=O)N3CSCC3C(=O)OC)cc2n1Cc1ccc(-c2ccccc2C(=O)OC(C)(C)C)cc1. The molecule has 0 aliphatic carbocycles. The first-order chi connectivity index (χ1) is 23.5. The smallest absolute Gasteiger partial charge is 0.339 e. The van der Waals surface area contributed by atoms with Crippen LogP contribution in [0.1, 0.15) is 82.0 Å². The van der Waals surface area contributed by atoms with Gasteiger partial charge in [-0.3, -0.25) is 4.90 Å². The van der Waals surface area contributed by atoms with Crippen molar-refractivity contribution in [2.75, 3.05) is 30.2 Å². The third-order valence-electron chi connectivity index (χ3n) is 8.60. The Bertz CT molecular complexity index is 1780. The zero-order valence-electron chi connectivity index (χ0n) is 29.5. The Morgan fingerprint density at radius 1 is 0.980 bits per heavy atom. The van der Waals surface area contributed by atoms with E-state index < -0.39 is 11.6 Å². The van der Waals surface area contributed by atoms with Crippen LogP contribution in [0.5, 0.6) is 0 Å². The minimum Gasteiger partial charge on any atom is -0.467 e. The number of aryl methyl sites for hydroxylation is 1. The number of carbonyl (C=O) groups is 3. The summed E-state index contributed by atoms with van der Waals surface area (Å²) in [6, 6.07) is 21.1. The van der Waals surface area contributed by atoms with E-state index >= 15 is 0 Å². The molecule has 1 aromatic heterocycles. The van der Waals surface area contributed by atoms with Gasteiger partial charge in [0.05, 0.1) is 29.6 Å². The average Bonchev–Trinajstić information content (AvgIpc) is 3.72. The van der Waals surface area contributed by atoms with Gasteiger partial charge in [-0.15, -0.1) is 11.8 Å². The Morgan fingerprint density at radius 2 is 1.71 bits per heavy atom. The van der Waals surface area contributed by atoms with Crippen LogP contribution in [0.15, 0.2) is 66.7 Å². The first-order valence-corrected chi connectivity index (χ1v) is 18.3. The minimum absolute atomic E-state index is 0.187. The molecule has 0 bridgehead atoms. The number of methoxy groups -OCH3 is 1. The number of thioether (sulfide) groups is 1. The van der Waals surface area contributed by atoms with Gasteiger partial charge in [0.1, 0.15) is 17.5 Å². The highest BCUT2D eigenvalue weighted by atomic mass is 32.2. The number of carbonyl (C=O) groups excluding carboxylic acids is 3. The number of hydrogen-bond donors (Lipinski definition) is 0. The summed E-state index contributed by atoms with van der Waals surface area (Å²) in [4.78, 5) is 48.0. The van der Waals surface area contributed by atoms with Crippen molar-refractivity contribution in [3.63, 3.8) is 0 Å². The number of imidazole rings is 1. The fourth-order valence-corrected chi connectivity index (χ4v) is 7.15. The molecule has 3 aromatic carbocycles. The van der Waals surface area contributed by atoms with Gasteiger partial charge in [-0.25, -0.2) is 19.4 Å². The van der Waals surface area contributed by atoms with Crippen LogP contribution in [0.2, 0.25) is 0 Å². The van der Waals surface area contributed by atoms with Crippen LogP contribution in [0.3, 0.4) is 0 Å². The van der Waals surface area contributed by atoms with E-state index in [1.54, 1.807) is 27.6 Å². The van der Waals surface area contributed by atoms with Gasteiger partial charge in [-0.05, 0) is 74.6 Å². The van der Waals surface area contributed by atoms with Crippen molar-refractivity contribution in [2.45, 2.75) is 84.9 Å². The summed E-state index contributed by atoms with van der Waals surface area (Å²) < 4.78 is 12.9. The van der Waals surface area contributed by atoms with Crippen LogP contribution < -0.4 is 4.90 Å². The lowest BCUT2D eigenvalue weighted by atomic mass is 9.98. The fraction of sp³-hybridized carbons (Fsp3) is 0.436. The van der Waals surface area contributed by atoms with Crippen LogP contribution in [-0.4, -0.2) is 69.3 Å². The number of esters is 2. The van der Waals surface area contributed by atoms with Crippen molar-refractivity contribution in [3.8, 4) is 11.1 Å². The lowest BCUT2D eigenvalue weighted by Gasteiger charge is -2.30. The number of anilines is 1. The van der Waals surface area contributed by atoms with Gasteiger partial charge in [0.15, 0.2) is 0 Å². The molecular weight excluding hydrogens is 637 g/mol. The van der Waals surface area contributed by atoms with E-state index in [1.807, 2.05) is 63.2 Å². The predicted molar refractivity (Wildman–Crippen MR) is 197 cm³/mol. The third-order valence-corrected chi connectivity index (χ3v) is 9.61. The molecule has 1 saturated heterocycles. The van der Waals surface area contributed by atoms with Crippen LogP contribution in [-0.2, 0) is 27.2 Å². The Balaban J connectivity index is 1.48. The van der Waals surface area contributed by atoms with Crippen molar-refractivity contribution in [2.24, 2.45) is 0 Å². The molecular formula is C39H48N4O5S. The number of fused-ring (bicyclic) bond motifs is 1. The van der Waals surface area contributed by atoms with Gasteiger partial charge in [-0.2, -0.15) is 0 Å². The van der Waals surface area contributed by atoms with Crippen molar-refractivity contribution < 1.29 is 23.9 Å². The second-order valence-electron chi connectivity index (χ2n) is 13.4. The highest BCUT2D eigenvalue weighted by Gasteiger charge is 2.38. The number of nitrogens with zero attached hydrogens (tertiary/aromatic N) is 4. The van der Waals surface area contributed by atoms with E-state index in [-0.39, 0.29) is 18.0 Å². The Kier molecular flexibility index (Phi) is 11.7. The Hall–Kier alpha value is -4.31. The third kappa shape index (κ3) is 8.47. The van der Waals surface area contributed by atoms with Crippen molar-refractivity contribution >= 4 is 46.5 Å². The van der Waals surface area contributed by atoms with E-state index in [0.29, 0.717) is 30.3 Å². The molecule has 5 rings (SSSR count). The zero-order chi connectivity index (χ0) is 35.1. The fourth-order valence-electron chi connectivity index (χ4n) is 6.02. The van der Waals surface area contributed by atoms with Crippen LogP contribution in [0, 0.1) is 0 Å². The first kappa shape index (κ1) is 36.0. The van der Waals surface area contributed by atoms with Crippen molar-refractivity contribution in [3.05, 3.63) is 83.7 Å². The van der Waals surface area contributed by atoms with E-state index in [0.717, 1.165) is 71.3 Å². The summed E-state index contributed by atoms with van der Waals surface area (Å²) in [6.45, 7) is 11.0. The molecule has 1 atom stereocenters. The molecule has 1 aliphatic heterocycles. The van der Waals surface area contributed by atoms with Crippen LogP contribution in [0.4, 0.5) is 10.5 Å². The van der Waals surface area contributed by atoms with Crippen molar-refractivity contribution in [1.82, 2.24) is 14.5 Å². The average molecular weight is 685 g/mol. The lowest BCUT2D eigenvalue weighted by Crippen LogP contribution is -2.49. The van der Waals surface area contributed by atoms with Gasteiger partial charge in [0, 0.05) is 31.0 Å². The second-order valence-corrected chi connectivity index (χ2v) is 14.4. The van der Waals surface area contributed by atoms with Gasteiger partial charge >= 0.3 is 18.0 Å². The first-order valence-electron chi connectivity index (χ1n) is 17.2. The summed E-state index contributed by atoms with van der Waals surface area (Å²) in [5.41, 5.74) is 5.42. The standard InChI is InChI=1S/C39H48N4O5S/c1-7-9-15-35-40-32-21-20-29(41(22-10-8-2)38(46)43-26-49-25-34(43)37(45)47-6)23-33(32)42(35)24-27-16-18-28(19-17-27)30-13-11-12-14-31(30)36(44)48-39(3,4)5/h11-14,16-21,23,34H,7-10,15,22,24-26H2,1-6H3. The van der Waals surface area contributed by atoms with Gasteiger partial charge in [0.2, 0.25) is 0 Å². The van der Waals surface area contributed by atoms with Gasteiger partial charge < -0.3 is 18.9 Å².